The van der Waals surface area contributed by atoms with Gasteiger partial charge in [-0.25, -0.2) is 0 Å². The number of ether oxygens (including phenoxy) is 2. The van der Waals surface area contributed by atoms with E-state index < -0.39 is 6.10 Å². The number of carbonyl (C=O) groups is 1. The molecule has 0 spiro atoms. The molecule has 0 aromatic rings. The predicted octanol–water partition coefficient (Wildman–Crippen LogP) is 0.269. The standard InChI is InChI=1S/C11H23NO4/c1-4-16-11(14)8-10(13)9-12(2)6-5-7-15-3/h10,13H,4-9H2,1-3H3. The Morgan fingerprint density at radius 3 is 2.75 bits per heavy atom. The average Bonchev–Trinajstić information content (AvgIpc) is 2.17. The number of likely N-dealkylation sites (N-methyl/N-ethyl adjacent to an activating group) is 1. The Balaban J connectivity index is 3.60. The summed E-state index contributed by atoms with van der Waals surface area (Å²) in [4.78, 5) is 13.0. The smallest absolute Gasteiger partial charge is 0.308 e. The van der Waals surface area contributed by atoms with Crippen LogP contribution in [0.3, 0.4) is 0 Å². The molecule has 5 heteroatoms. The monoisotopic (exact) mass is 233 g/mol. The second-order valence-corrected chi connectivity index (χ2v) is 3.77. The molecule has 1 atom stereocenters. The first-order valence-electron chi connectivity index (χ1n) is 5.61. The molecule has 0 heterocycles. The molecule has 1 N–H and O–H groups in total. The largest absolute Gasteiger partial charge is 0.466 e. The Hall–Kier alpha value is -0.650. The van der Waals surface area contributed by atoms with Crippen LogP contribution in [0.5, 0.6) is 0 Å². The summed E-state index contributed by atoms with van der Waals surface area (Å²) < 4.78 is 9.69. The number of hydrogen-bond acceptors (Lipinski definition) is 5. The Labute approximate surface area is 97.3 Å². The summed E-state index contributed by atoms with van der Waals surface area (Å²) in [5.74, 6) is -0.347. The van der Waals surface area contributed by atoms with Crippen LogP contribution in [0.1, 0.15) is 19.8 Å². The van der Waals surface area contributed by atoms with Gasteiger partial charge < -0.3 is 19.5 Å². The Kier molecular flexibility index (Phi) is 9.18. The van der Waals surface area contributed by atoms with Crippen molar-refractivity contribution in [2.75, 3.05) is 40.5 Å². The van der Waals surface area contributed by atoms with Crippen LogP contribution in [0.2, 0.25) is 0 Å². The number of carbonyl (C=O) groups excluding carboxylic acids is 1. The van der Waals surface area contributed by atoms with Gasteiger partial charge in [0.15, 0.2) is 0 Å². The van der Waals surface area contributed by atoms with Crippen molar-refractivity contribution in [3.05, 3.63) is 0 Å². The van der Waals surface area contributed by atoms with E-state index >= 15 is 0 Å². The van der Waals surface area contributed by atoms with E-state index in [1.54, 1.807) is 14.0 Å². The van der Waals surface area contributed by atoms with Crippen molar-refractivity contribution in [1.29, 1.82) is 0 Å². The summed E-state index contributed by atoms with van der Waals surface area (Å²) >= 11 is 0. The Morgan fingerprint density at radius 1 is 1.50 bits per heavy atom. The molecule has 0 aromatic heterocycles. The van der Waals surface area contributed by atoms with Gasteiger partial charge in [-0.15, -0.1) is 0 Å². The molecule has 0 aliphatic carbocycles. The summed E-state index contributed by atoms with van der Waals surface area (Å²) in [7, 11) is 3.57. The minimum absolute atomic E-state index is 0.0580. The second kappa shape index (κ2) is 9.57. The van der Waals surface area contributed by atoms with Crippen molar-refractivity contribution in [3.8, 4) is 0 Å². The first-order valence-corrected chi connectivity index (χ1v) is 5.61. The fourth-order valence-corrected chi connectivity index (χ4v) is 1.41. The molecule has 5 nitrogen and oxygen atoms in total. The van der Waals surface area contributed by atoms with Crippen LogP contribution in [0.25, 0.3) is 0 Å². The molecule has 0 aliphatic rings. The van der Waals surface area contributed by atoms with E-state index in [-0.39, 0.29) is 12.4 Å². The van der Waals surface area contributed by atoms with Gasteiger partial charge in [0.2, 0.25) is 0 Å². The lowest BCUT2D eigenvalue weighted by atomic mass is 10.2. The molecule has 0 amide bonds. The lowest BCUT2D eigenvalue weighted by Gasteiger charge is -2.19. The molecule has 0 aliphatic heterocycles. The summed E-state index contributed by atoms with van der Waals surface area (Å²) in [6.45, 7) is 4.13. The van der Waals surface area contributed by atoms with Crippen molar-refractivity contribution < 1.29 is 19.4 Å². The lowest BCUT2D eigenvalue weighted by Crippen LogP contribution is -2.32. The normalized spacial score (nSPS) is 12.8. The number of methoxy groups -OCH3 is 1. The highest BCUT2D eigenvalue weighted by atomic mass is 16.5. The van der Waals surface area contributed by atoms with Crippen LogP contribution in [0, 0.1) is 0 Å². The molecule has 0 radical (unpaired) electrons. The van der Waals surface area contributed by atoms with Crippen LogP contribution >= 0.6 is 0 Å². The van der Waals surface area contributed by atoms with E-state index in [0.717, 1.165) is 13.0 Å². The fourth-order valence-electron chi connectivity index (χ4n) is 1.41. The molecule has 0 bridgehead atoms. The molecule has 0 fully saturated rings. The van der Waals surface area contributed by atoms with E-state index in [4.69, 9.17) is 9.47 Å². The zero-order valence-corrected chi connectivity index (χ0v) is 10.4. The van der Waals surface area contributed by atoms with E-state index in [2.05, 4.69) is 0 Å². The van der Waals surface area contributed by atoms with Gasteiger partial charge in [-0.05, 0) is 20.4 Å². The highest BCUT2D eigenvalue weighted by Gasteiger charge is 2.13. The van der Waals surface area contributed by atoms with Gasteiger partial charge in [0.1, 0.15) is 0 Å². The molecule has 0 rings (SSSR count). The van der Waals surface area contributed by atoms with E-state index in [1.165, 1.54) is 0 Å². The van der Waals surface area contributed by atoms with Gasteiger partial charge >= 0.3 is 5.97 Å². The highest BCUT2D eigenvalue weighted by molar-refractivity contribution is 5.69. The van der Waals surface area contributed by atoms with Crippen LogP contribution in [0.15, 0.2) is 0 Å². The number of aliphatic hydroxyl groups excluding tert-OH is 1. The number of rotatable bonds is 9. The minimum atomic E-state index is -0.661. The summed E-state index contributed by atoms with van der Waals surface area (Å²) in [6, 6.07) is 0. The summed E-state index contributed by atoms with van der Waals surface area (Å²) in [5.41, 5.74) is 0. The zero-order chi connectivity index (χ0) is 12.4. The molecule has 0 saturated carbocycles. The van der Waals surface area contributed by atoms with Gasteiger partial charge in [0.05, 0.1) is 19.1 Å². The Morgan fingerprint density at radius 2 is 2.19 bits per heavy atom. The predicted molar refractivity (Wildman–Crippen MR) is 61.2 cm³/mol. The molecular weight excluding hydrogens is 210 g/mol. The molecule has 0 saturated heterocycles. The topological polar surface area (TPSA) is 59.0 Å². The maximum absolute atomic E-state index is 11.1. The average molecular weight is 233 g/mol. The van der Waals surface area contributed by atoms with Crippen LogP contribution in [0.4, 0.5) is 0 Å². The minimum Gasteiger partial charge on any atom is -0.466 e. The Bertz CT molecular complexity index is 187. The molecule has 96 valence electrons. The van der Waals surface area contributed by atoms with Gasteiger partial charge in [-0.1, -0.05) is 0 Å². The van der Waals surface area contributed by atoms with E-state index in [9.17, 15) is 9.90 Å². The third-order valence-corrected chi connectivity index (χ3v) is 2.12. The first-order chi connectivity index (χ1) is 7.60. The quantitative estimate of drug-likeness (QED) is 0.457. The van der Waals surface area contributed by atoms with E-state index in [0.29, 0.717) is 19.8 Å². The van der Waals surface area contributed by atoms with Crippen molar-refractivity contribution in [2.45, 2.75) is 25.9 Å². The fraction of sp³-hybridized carbons (Fsp3) is 0.909. The maximum atomic E-state index is 11.1. The molecule has 16 heavy (non-hydrogen) atoms. The lowest BCUT2D eigenvalue weighted by molar-refractivity contribution is -0.145. The van der Waals surface area contributed by atoms with Crippen molar-refractivity contribution in [1.82, 2.24) is 4.90 Å². The van der Waals surface area contributed by atoms with Crippen LogP contribution in [-0.2, 0) is 14.3 Å². The van der Waals surface area contributed by atoms with Gasteiger partial charge in [-0.3, -0.25) is 4.79 Å². The summed E-state index contributed by atoms with van der Waals surface area (Å²) in [6.07, 6.45) is 0.313. The van der Waals surface area contributed by atoms with Gasteiger partial charge in [0.25, 0.3) is 0 Å². The molecular formula is C11H23NO4. The van der Waals surface area contributed by atoms with Crippen molar-refractivity contribution in [2.24, 2.45) is 0 Å². The first kappa shape index (κ1) is 15.3. The van der Waals surface area contributed by atoms with Crippen LogP contribution in [-0.4, -0.2) is 62.5 Å². The second-order valence-electron chi connectivity index (χ2n) is 3.77. The number of nitrogens with zero attached hydrogens (tertiary/aromatic N) is 1. The van der Waals surface area contributed by atoms with Crippen molar-refractivity contribution in [3.63, 3.8) is 0 Å². The van der Waals surface area contributed by atoms with Crippen LogP contribution < -0.4 is 0 Å². The maximum Gasteiger partial charge on any atom is 0.308 e. The summed E-state index contributed by atoms with van der Waals surface area (Å²) in [5, 5.41) is 9.60. The highest BCUT2D eigenvalue weighted by Crippen LogP contribution is 1.98. The number of esters is 1. The number of aliphatic hydroxyl groups is 1. The van der Waals surface area contributed by atoms with Gasteiger partial charge in [-0.2, -0.15) is 0 Å². The SMILES string of the molecule is CCOC(=O)CC(O)CN(C)CCCOC. The van der Waals surface area contributed by atoms with E-state index in [1.807, 2.05) is 11.9 Å². The molecule has 0 aromatic carbocycles. The third kappa shape index (κ3) is 8.64. The van der Waals surface area contributed by atoms with Gasteiger partial charge in [0, 0.05) is 26.8 Å². The van der Waals surface area contributed by atoms with Crippen molar-refractivity contribution >= 4 is 5.97 Å². The molecule has 1 unspecified atom stereocenters. The number of hydrogen-bond donors (Lipinski definition) is 1. The third-order valence-electron chi connectivity index (χ3n) is 2.12. The zero-order valence-electron chi connectivity index (χ0n) is 10.4.